The molecule has 5 rings (SSSR count). The number of carbonyl (C=O) groups is 2. The van der Waals surface area contributed by atoms with Gasteiger partial charge in [0.05, 0.1) is 29.6 Å². The Morgan fingerprint density at radius 3 is 2.62 bits per heavy atom. The van der Waals surface area contributed by atoms with Gasteiger partial charge >= 0.3 is 0 Å². The Labute approximate surface area is 220 Å². The standard InChI is InChI=1S/C26H22N6O3S2/c1-35-19-11-7-8-17(14-19)24(34)27-15-22-30-31-26(32(22)18-9-3-2-4-10-18)36-16-23(33)29-25-28-20-12-5-6-13-21(20)37-25/h2-14H,15-16H2,1H3,(H,27,34)(H,28,29,33). The smallest absolute Gasteiger partial charge is 0.251 e. The fraction of sp³-hybridized carbons (Fsp3) is 0.115. The third-order valence-corrected chi connectivity index (χ3v) is 7.21. The summed E-state index contributed by atoms with van der Waals surface area (Å²) < 4.78 is 8.05. The van der Waals surface area contributed by atoms with Crippen molar-refractivity contribution in [1.82, 2.24) is 25.1 Å². The predicted molar refractivity (Wildman–Crippen MR) is 144 cm³/mol. The fourth-order valence-electron chi connectivity index (χ4n) is 3.58. The maximum absolute atomic E-state index is 12.7. The minimum Gasteiger partial charge on any atom is -0.497 e. The minimum atomic E-state index is -0.258. The van der Waals surface area contributed by atoms with Crippen LogP contribution in [0.5, 0.6) is 5.75 Å². The molecule has 37 heavy (non-hydrogen) atoms. The second-order valence-electron chi connectivity index (χ2n) is 7.81. The van der Waals surface area contributed by atoms with Crippen LogP contribution in [-0.4, -0.2) is 44.4 Å². The van der Waals surface area contributed by atoms with Crippen LogP contribution in [0.1, 0.15) is 16.2 Å². The molecule has 0 aliphatic rings. The Balaban J connectivity index is 1.29. The van der Waals surface area contributed by atoms with E-state index in [4.69, 9.17) is 4.74 Å². The third kappa shape index (κ3) is 5.79. The second-order valence-corrected chi connectivity index (χ2v) is 9.78. The van der Waals surface area contributed by atoms with Gasteiger partial charge in [0.2, 0.25) is 5.91 Å². The van der Waals surface area contributed by atoms with E-state index in [9.17, 15) is 9.59 Å². The average molecular weight is 531 g/mol. The number of thiazole rings is 1. The third-order valence-electron chi connectivity index (χ3n) is 5.33. The molecule has 9 nitrogen and oxygen atoms in total. The number of ether oxygens (including phenoxy) is 1. The van der Waals surface area contributed by atoms with Gasteiger partial charge in [0.15, 0.2) is 16.1 Å². The molecular weight excluding hydrogens is 508 g/mol. The number of anilines is 1. The van der Waals surface area contributed by atoms with E-state index in [2.05, 4.69) is 25.8 Å². The zero-order valence-corrected chi connectivity index (χ0v) is 21.4. The first-order valence-electron chi connectivity index (χ1n) is 11.3. The zero-order valence-electron chi connectivity index (χ0n) is 19.7. The number of para-hydroxylation sites is 2. The van der Waals surface area contributed by atoms with Crippen molar-refractivity contribution >= 4 is 50.3 Å². The summed E-state index contributed by atoms with van der Waals surface area (Å²) in [7, 11) is 1.55. The van der Waals surface area contributed by atoms with Crippen LogP contribution in [0.25, 0.3) is 15.9 Å². The quantitative estimate of drug-likeness (QED) is 0.269. The molecule has 0 saturated carbocycles. The summed E-state index contributed by atoms with van der Waals surface area (Å²) in [6.45, 7) is 0.149. The van der Waals surface area contributed by atoms with Crippen LogP contribution in [0.3, 0.4) is 0 Å². The van der Waals surface area contributed by atoms with Crippen molar-refractivity contribution in [2.75, 3.05) is 18.2 Å². The van der Waals surface area contributed by atoms with Crippen LogP contribution in [0.15, 0.2) is 84.0 Å². The monoisotopic (exact) mass is 530 g/mol. The number of nitrogens with one attached hydrogen (secondary N) is 2. The average Bonchev–Trinajstić information content (AvgIpc) is 3.54. The van der Waals surface area contributed by atoms with E-state index in [1.165, 1.54) is 23.1 Å². The lowest BCUT2D eigenvalue weighted by Crippen LogP contribution is -2.24. The number of nitrogens with zero attached hydrogens (tertiary/aromatic N) is 4. The molecule has 11 heteroatoms. The molecule has 0 bridgehead atoms. The highest BCUT2D eigenvalue weighted by molar-refractivity contribution is 7.99. The van der Waals surface area contributed by atoms with Crippen molar-refractivity contribution in [3.63, 3.8) is 0 Å². The molecule has 0 radical (unpaired) electrons. The summed E-state index contributed by atoms with van der Waals surface area (Å²) in [5, 5.41) is 15.4. The Bertz CT molecular complexity index is 1520. The fourth-order valence-corrected chi connectivity index (χ4v) is 5.23. The van der Waals surface area contributed by atoms with Gasteiger partial charge in [-0.1, -0.05) is 59.5 Å². The zero-order chi connectivity index (χ0) is 25.6. The largest absolute Gasteiger partial charge is 0.497 e. The molecule has 3 aromatic carbocycles. The van der Waals surface area contributed by atoms with Crippen LogP contribution in [0.4, 0.5) is 5.13 Å². The van der Waals surface area contributed by atoms with E-state index < -0.39 is 0 Å². The first-order valence-corrected chi connectivity index (χ1v) is 13.1. The van der Waals surface area contributed by atoms with Gasteiger partial charge in [-0.25, -0.2) is 4.98 Å². The highest BCUT2D eigenvalue weighted by Crippen LogP contribution is 2.26. The Morgan fingerprint density at radius 1 is 1.00 bits per heavy atom. The summed E-state index contributed by atoms with van der Waals surface area (Å²) in [5.74, 6) is 0.807. The molecule has 0 atom stereocenters. The molecule has 2 N–H and O–H groups in total. The van der Waals surface area contributed by atoms with Crippen molar-refractivity contribution in [3.05, 3.63) is 90.3 Å². The van der Waals surface area contributed by atoms with Crippen molar-refractivity contribution in [2.24, 2.45) is 0 Å². The maximum atomic E-state index is 12.7. The minimum absolute atomic E-state index is 0.122. The number of amides is 2. The summed E-state index contributed by atoms with van der Waals surface area (Å²) in [6, 6.07) is 24.2. The van der Waals surface area contributed by atoms with E-state index in [1.54, 1.807) is 31.4 Å². The van der Waals surface area contributed by atoms with Gasteiger partial charge in [0, 0.05) is 11.3 Å². The molecule has 0 fully saturated rings. The normalized spacial score (nSPS) is 10.8. The molecule has 0 aliphatic carbocycles. The molecular formula is C26H22N6O3S2. The number of methoxy groups -OCH3 is 1. The Hall–Kier alpha value is -4.22. The van der Waals surface area contributed by atoms with E-state index in [1.807, 2.05) is 59.2 Å². The molecule has 5 aromatic rings. The summed E-state index contributed by atoms with van der Waals surface area (Å²) in [5.41, 5.74) is 2.15. The lowest BCUT2D eigenvalue weighted by molar-refractivity contribution is -0.113. The van der Waals surface area contributed by atoms with Gasteiger partial charge in [-0.3, -0.25) is 14.2 Å². The van der Waals surface area contributed by atoms with Crippen LogP contribution < -0.4 is 15.4 Å². The van der Waals surface area contributed by atoms with Crippen molar-refractivity contribution < 1.29 is 14.3 Å². The van der Waals surface area contributed by atoms with Crippen molar-refractivity contribution in [3.8, 4) is 11.4 Å². The molecule has 0 aliphatic heterocycles. The topological polar surface area (TPSA) is 111 Å². The summed E-state index contributed by atoms with van der Waals surface area (Å²) >= 11 is 2.68. The van der Waals surface area contributed by atoms with Crippen LogP contribution >= 0.6 is 23.1 Å². The first-order chi connectivity index (χ1) is 18.1. The van der Waals surface area contributed by atoms with Gasteiger partial charge < -0.3 is 15.4 Å². The first kappa shape index (κ1) is 24.5. The summed E-state index contributed by atoms with van der Waals surface area (Å²) in [6.07, 6.45) is 0. The van der Waals surface area contributed by atoms with E-state index in [0.717, 1.165) is 15.9 Å². The predicted octanol–water partition coefficient (Wildman–Crippen LogP) is 4.55. The van der Waals surface area contributed by atoms with Gasteiger partial charge in [-0.2, -0.15) is 0 Å². The van der Waals surface area contributed by atoms with E-state index in [0.29, 0.717) is 27.4 Å². The number of benzene rings is 3. The van der Waals surface area contributed by atoms with Crippen LogP contribution in [-0.2, 0) is 11.3 Å². The molecule has 2 amide bonds. The number of hydrogen-bond donors (Lipinski definition) is 2. The van der Waals surface area contributed by atoms with E-state index >= 15 is 0 Å². The number of hydrogen-bond acceptors (Lipinski definition) is 8. The molecule has 2 aromatic heterocycles. The lowest BCUT2D eigenvalue weighted by atomic mass is 10.2. The molecule has 0 unspecified atom stereocenters. The van der Waals surface area contributed by atoms with Crippen molar-refractivity contribution in [1.29, 1.82) is 0 Å². The Kier molecular flexibility index (Phi) is 7.43. The number of aromatic nitrogens is 4. The highest BCUT2D eigenvalue weighted by atomic mass is 32.2. The SMILES string of the molecule is COc1cccc(C(=O)NCc2nnc(SCC(=O)Nc3nc4ccccc4s3)n2-c2ccccc2)c1. The molecule has 2 heterocycles. The Morgan fingerprint density at radius 2 is 1.81 bits per heavy atom. The van der Waals surface area contributed by atoms with Gasteiger partial charge in [-0.05, 0) is 42.5 Å². The van der Waals surface area contributed by atoms with Crippen molar-refractivity contribution in [2.45, 2.75) is 11.7 Å². The van der Waals surface area contributed by atoms with Crippen LogP contribution in [0.2, 0.25) is 0 Å². The molecule has 186 valence electrons. The van der Waals surface area contributed by atoms with Gasteiger partial charge in [0.1, 0.15) is 5.75 Å². The van der Waals surface area contributed by atoms with Gasteiger partial charge in [-0.15, -0.1) is 10.2 Å². The molecule has 0 spiro atoms. The lowest BCUT2D eigenvalue weighted by Gasteiger charge is -2.11. The number of carbonyl (C=O) groups excluding carboxylic acids is 2. The summed E-state index contributed by atoms with van der Waals surface area (Å²) in [4.78, 5) is 29.8. The van der Waals surface area contributed by atoms with Gasteiger partial charge in [0.25, 0.3) is 5.91 Å². The van der Waals surface area contributed by atoms with Crippen LogP contribution in [0, 0.1) is 0 Å². The maximum Gasteiger partial charge on any atom is 0.251 e. The number of fused-ring (bicyclic) bond motifs is 1. The number of thioether (sulfide) groups is 1. The van der Waals surface area contributed by atoms with E-state index in [-0.39, 0.29) is 24.1 Å². The highest BCUT2D eigenvalue weighted by Gasteiger charge is 2.18. The molecule has 0 saturated heterocycles. The second kappa shape index (κ2) is 11.2. The number of rotatable bonds is 9.